The minimum absolute atomic E-state index is 0.128. The van der Waals surface area contributed by atoms with Gasteiger partial charge in [-0.1, -0.05) is 0 Å². The van der Waals surface area contributed by atoms with Gasteiger partial charge in [0.1, 0.15) is 17.5 Å². The van der Waals surface area contributed by atoms with E-state index in [0.717, 1.165) is 0 Å². The van der Waals surface area contributed by atoms with Gasteiger partial charge >= 0.3 is 5.69 Å². The van der Waals surface area contributed by atoms with E-state index in [0.29, 0.717) is 12.2 Å². The van der Waals surface area contributed by atoms with E-state index in [4.69, 9.17) is 15.2 Å². The minimum atomic E-state index is -0.812. The Hall–Kier alpha value is -1.48. The number of nitrogens with two attached hydrogens (primary N) is 1. The molecule has 116 valence electrons. The molecule has 0 spiro atoms. The Morgan fingerprint density at radius 2 is 2.33 bits per heavy atom. The molecule has 1 aromatic heterocycles. The summed E-state index contributed by atoms with van der Waals surface area (Å²) < 4.78 is 13.2. The quantitative estimate of drug-likeness (QED) is 0.716. The molecule has 4 atom stereocenters. The standard InChI is InChI=1S/C13H20N4O4/c1-7-4-17(12(19)15-10(7)14)11-8-9(16(2)3)13(5-18,21-11)6-20-8/h4,8-9,11,18H,5-6H2,1-3H3,(H2,14,15,19)/t8?,9?,11-,13+/m1/s1. The molecule has 3 heterocycles. The smallest absolute Gasteiger partial charge is 0.351 e. The number of ether oxygens (including phenoxy) is 2. The molecule has 0 saturated carbocycles. The van der Waals surface area contributed by atoms with Crippen LogP contribution in [0.2, 0.25) is 0 Å². The molecule has 2 aliphatic heterocycles. The van der Waals surface area contributed by atoms with Crippen LogP contribution in [0, 0.1) is 6.92 Å². The van der Waals surface area contributed by atoms with Crippen molar-refractivity contribution in [2.75, 3.05) is 33.0 Å². The number of likely N-dealkylation sites (N-methyl/N-ethyl adjacent to an activating group) is 1. The van der Waals surface area contributed by atoms with Crippen molar-refractivity contribution in [3.05, 3.63) is 22.2 Å². The number of nitrogens with zero attached hydrogens (tertiary/aromatic N) is 3. The third-order valence-electron chi connectivity index (χ3n) is 4.28. The molecule has 3 N–H and O–H groups in total. The lowest BCUT2D eigenvalue weighted by Crippen LogP contribution is -2.50. The van der Waals surface area contributed by atoms with Crippen LogP contribution in [0.5, 0.6) is 0 Å². The van der Waals surface area contributed by atoms with Gasteiger partial charge in [0.2, 0.25) is 0 Å². The Kier molecular flexibility index (Phi) is 3.28. The van der Waals surface area contributed by atoms with Crippen molar-refractivity contribution >= 4 is 5.82 Å². The van der Waals surface area contributed by atoms with Gasteiger partial charge in [0.15, 0.2) is 6.23 Å². The first-order valence-electron chi connectivity index (χ1n) is 6.81. The van der Waals surface area contributed by atoms with E-state index in [1.54, 1.807) is 13.1 Å². The monoisotopic (exact) mass is 296 g/mol. The van der Waals surface area contributed by atoms with E-state index in [-0.39, 0.29) is 24.6 Å². The summed E-state index contributed by atoms with van der Waals surface area (Å²) in [6.07, 6.45) is 0.671. The van der Waals surface area contributed by atoms with Crippen LogP contribution in [0.15, 0.2) is 11.0 Å². The van der Waals surface area contributed by atoms with E-state index in [9.17, 15) is 9.90 Å². The predicted molar refractivity (Wildman–Crippen MR) is 74.8 cm³/mol. The van der Waals surface area contributed by atoms with Crippen LogP contribution in [0.3, 0.4) is 0 Å². The van der Waals surface area contributed by atoms with Crippen LogP contribution in [-0.4, -0.2) is 64.6 Å². The van der Waals surface area contributed by atoms with Gasteiger partial charge in [-0.3, -0.25) is 4.57 Å². The number of rotatable bonds is 3. The lowest BCUT2D eigenvalue weighted by Gasteiger charge is -2.31. The van der Waals surface area contributed by atoms with Crippen molar-refractivity contribution in [1.29, 1.82) is 0 Å². The zero-order chi connectivity index (χ0) is 15.4. The van der Waals surface area contributed by atoms with E-state index < -0.39 is 17.5 Å². The Morgan fingerprint density at radius 3 is 2.90 bits per heavy atom. The number of fused-ring (bicyclic) bond motifs is 2. The average Bonchev–Trinajstić information content (AvgIpc) is 2.96. The topological polar surface area (TPSA) is 103 Å². The largest absolute Gasteiger partial charge is 0.393 e. The summed E-state index contributed by atoms with van der Waals surface area (Å²) in [4.78, 5) is 17.8. The molecule has 0 amide bonds. The molecule has 0 radical (unpaired) electrons. The molecule has 2 unspecified atom stereocenters. The summed E-state index contributed by atoms with van der Waals surface area (Å²) in [5.41, 5.74) is 5.05. The molecule has 8 nitrogen and oxygen atoms in total. The number of hydrogen-bond donors (Lipinski definition) is 2. The molecule has 0 aromatic carbocycles. The Bertz CT molecular complexity index is 617. The van der Waals surface area contributed by atoms with Crippen LogP contribution in [0.4, 0.5) is 5.82 Å². The van der Waals surface area contributed by atoms with Crippen molar-refractivity contribution in [2.24, 2.45) is 0 Å². The van der Waals surface area contributed by atoms with E-state index in [1.807, 2.05) is 19.0 Å². The fourth-order valence-electron chi connectivity index (χ4n) is 3.28. The van der Waals surface area contributed by atoms with Crippen molar-refractivity contribution in [3.8, 4) is 0 Å². The maximum atomic E-state index is 12.1. The second-order valence-electron chi connectivity index (χ2n) is 5.91. The van der Waals surface area contributed by atoms with Crippen molar-refractivity contribution in [1.82, 2.24) is 14.5 Å². The Morgan fingerprint density at radius 1 is 1.62 bits per heavy atom. The van der Waals surface area contributed by atoms with E-state index >= 15 is 0 Å². The summed E-state index contributed by atoms with van der Waals surface area (Å²) in [6, 6.07) is -0.128. The molecular weight excluding hydrogens is 276 g/mol. The lowest BCUT2D eigenvalue weighted by molar-refractivity contribution is -0.186. The van der Waals surface area contributed by atoms with Crippen LogP contribution in [0.1, 0.15) is 11.8 Å². The molecular formula is C13H20N4O4. The zero-order valence-electron chi connectivity index (χ0n) is 12.3. The van der Waals surface area contributed by atoms with Crippen molar-refractivity contribution < 1.29 is 14.6 Å². The molecule has 21 heavy (non-hydrogen) atoms. The number of anilines is 1. The summed E-state index contributed by atoms with van der Waals surface area (Å²) in [5, 5.41) is 9.74. The van der Waals surface area contributed by atoms with Crippen molar-refractivity contribution in [3.63, 3.8) is 0 Å². The number of aromatic nitrogens is 2. The maximum Gasteiger partial charge on any atom is 0.351 e. The highest BCUT2D eigenvalue weighted by atomic mass is 16.6. The van der Waals surface area contributed by atoms with Gasteiger partial charge in [0, 0.05) is 11.8 Å². The van der Waals surface area contributed by atoms with Crippen molar-refractivity contribution in [2.45, 2.75) is 30.9 Å². The highest BCUT2D eigenvalue weighted by Crippen LogP contribution is 2.46. The van der Waals surface area contributed by atoms with Crippen LogP contribution in [0.25, 0.3) is 0 Å². The van der Waals surface area contributed by atoms with Crippen LogP contribution >= 0.6 is 0 Å². The lowest BCUT2D eigenvalue weighted by atomic mass is 9.96. The fourth-order valence-corrected chi connectivity index (χ4v) is 3.28. The number of nitrogen functional groups attached to an aromatic ring is 1. The van der Waals surface area contributed by atoms with Gasteiger partial charge in [-0.15, -0.1) is 0 Å². The molecule has 0 aliphatic carbocycles. The fraction of sp³-hybridized carbons (Fsp3) is 0.692. The molecule has 1 aromatic rings. The molecule has 2 aliphatic rings. The first-order valence-corrected chi connectivity index (χ1v) is 6.81. The van der Waals surface area contributed by atoms with Gasteiger partial charge < -0.3 is 25.2 Å². The molecule has 3 rings (SSSR count). The predicted octanol–water partition coefficient (Wildman–Crippen LogP) is -1.28. The maximum absolute atomic E-state index is 12.1. The Labute approximate surface area is 122 Å². The van der Waals surface area contributed by atoms with Gasteiger partial charge in [-0.2, -0.15) is 4.98 Å². The summed E-state index contributed by atoms with van der Waals surface area (Å²) in [5.74, 6) is 0.210. The van der Waals surface area contributed by atoms with Gasteiger partial charge in [0.25, 0.3) is 0 Å². The first-order chi connectivity index (χ1) is 9.89. The zero-order valence-corrected chi connectivity index (χ0v) is 12.3. The second kappa shape index (κ2) is 4.77. The SMILES string of the molecule is Cc1cn([C@@H]2O[C@@]3(CO)COC2C3N(C)C)c(=O)nc1N. The Balaban J connectivity index is 2.03. The highest BCUT2D eigenvalue weighted by molar-refractivity contribution is 5.35. The minimum Gasteiger partial charge on any atom is -0.393 e. The number of aryl methyl sites for hydroxylation is 1. The first kappa shape index (κ1) is 14.5. The molecule has 2 fully saturated rings. The molecule has 2 bridgehead atoms. The van der Waals surface area contributed by atoms with Gasteiger partial charge in [-0.05, 0) is 21.0 Å². The van der Waals surface area contributed by atoms with E-state index in [1.165, 1.54) is 4.57 Å². The third-order valence-corrected chi connectivity index (χ3v) is 4.28. The number of hydrogen-bond acceptors (Lipinski definition) is 7. The van der Waals surface area contributed by atoms with E-state index in [2.05, 4.69) is 4.98 Å². The number of aliphatic hydroxyl groups is 1. The second-order valence-corrected chi connectivity index (χ2v) is 5.91. The van der Waals surface area contributed by atoms with Crippen LogP contribution in [-0.2, 0) is 9.47 Å². The highest BCUT2D eigenvalue weighted by Gasteiger charge is 2.62. The number of aliphatic hydroxyl groups excluding tert-OH is 1. The molecule has 8 heteroatoms. The van der Waals surface area contributed by atoms with Crippen LogP contribution < -0.4 is 11.4 Å². The third kappa shape index (κ3) is 1.98. The summed E-state index contributed by atoms with van der Waals surface area (Å²) in [7, 11) is 3.80. The van der Waals surface area contributed by atoms with Gasteiger partial charge in [0.05, 0.1) is 19.3 Å². The molecule has 2 saturated heterocycles. The summed E-state index contributed by atoms with van der Waals surface area (Å²) >= 11 is 0. The average molecular weight is 296 g/mol. The van der Waals surface area contributed by atoms with Gasteiger partial charge in [-0.25, -0.2) is 4.79 Å². The normalized spacial score (nSPS) is 34.8. The summed E-state index contributed by atoms with van der Waals surface area (Å²) in [6.45, 7) is 1.92.